The molecule has 1 N–H and O–H groups in total. The summed E-state index contributed by atoms with van der Waals surface area (Å²) in [5.74, 6) is 0. The Labute approximate surface area is 96.9 Å². The molecular weight excluding hydrogens is 200 g/mol. The number of hydrogen-bond acceptors (Lipinski definition) is 3. The van der Waals surface area contributed by atoms with Gasteiger partial charge in [-0.15, -0.1) is 0 Å². The van der Waals surface area contributed by atoms with Crippen molar-refractivity contribution in [3.05, 3.63) is 35.9 Å². The second-order valence-electron chi connectivity index (χ2n) is 4.08. The molecule has 3 nitrogen and oxygen atoms in total. The van der Waals surface area contributed by atoms with Gasteiger partial charge in [-0.1, -0.05) is 30.3 Å². The predicted molar refractivity (Wildman–Crippen MR) is 63.7 cm³/mol. The number of aliphatic hydroxyl groups excluding tert-OH is 1. The second kappa shape index (κ2) is 6.26. The predicted octanol–water partition coefficient (Wildman–Crippen LogP) is 1.95. The Hall–Kier alpha value is -1.37. The zero-order valence-corrected chi connectivity index (χ0v) is 9.80. The number of likely N-dealkylation sites (N-methyl/N-ethyl adjacent to an activating group) is 1. The van der Waals surface area contributed by atoms with Gasteiger partial charge in [0.25, 0.3) is 0 Å². The van der Waals surface area contributed by atoms with E-state index >= 15 is 0 Å². The Kier molecular flexibility index (Phi) is 4.97. The number of hydrogen-bond donors (Lipinski definition) is 1. The lowest BCUT2D eigenvalue weighted by Crippen LogP contribution is -2.31. The van der Waals surface area contributed by atoms with E-state index in [4.69, 9.17) is 5.26 Å². The van der Waals surface area contributed by atoms with Gasteiger partial charge >= 0.3 is 0 Å². The van der Waals surface area contributed by atoms with Crippen molar-refractivity contribution in [3.8, 4) is 6.07 Å². The molecular formula is C13H18N2O. The average Bonchev–Trinajstić information content (AvgIpc) is 2.26. The third-order valence-corrected chi connectivity index (χ3v) is 2.55. The molecule has 2 unspecified atom stereocenters. The summed E-state index contributed by atoms with van der Waals surface area (Å²) < 4.78 is 0. The van der Waals surface area contributed by atoms with Crippen LogP contribution < -0.4 is 0 Å². The Bertz CT molecular complexity index is 343. The summed E-state index contributed by atoms with van der Waals surface area (Å²) in [6, 6.07) is 12.2. The highest BCUT2D eigenvalue weighted by Gasteiger charge is 2.17. The van der Waals surface area contributed by atoms with Crippen LogP contribution in [0.3, 0.4) is 0 Å². The molecule has 0 aliphatic rings. The van der Waals surface area contributed by atoms with Crippen LogP contribution in [0.2, 0.25) is 0 Å². The van der Waals surface area contributed by atoms with E-state index in [0.29, 0.717) is 13.0 Å². The minimum atomic E-state index is -0.380. The molecule has 0 heterocycles. The Morgan fingerprint density at radius 1 is 1.38 bits per heavy atom. The minimum Gasteiger partial charge on any atom is -0.392 e. The van der Waals surface area contributed by atoms with Gasteiger partial charge < -0.3 is 5.11 Å². The molecule has 1 aromatic rings. The van der Waals surface area contributed by atoms with Crippen LogP contribution in [0, 0.1) is 11.3 Å². The van der Waals surface area contributed by atoms with Gasteiger partial charge in [-0.05, 0) is 19.5 Å². The van der Waals surface area contributed by atoms with Crippen LogP contribution in [0.4, 0.5) is 0 Å². The van der Waals surface area contributed by atoms with Crippen molar-refractivity contribution in [1.82, 2.24) is 4.90 Å². The summed E-state index contributed by atoms with van der Waals surface area (Å²) in [4.78, 5) is 2.02. The quantitative estimate of drug-likeness (QED) is 0.821. The first kappa shape index (κ1) is 12.7. The molecule has 0 spiro atoms. The number of rotatable bonds is 5. The summed E-state index contributed by atoms with van der Waals surface area (Å²) in [5.41, 5.74) is 1.12. The molecule has 0 amide bonds. The van der Waals surface area contributed by atoms with Crippen molar-refractivity contribution in [2.24, 2.45) is 0 Å². The maximum atomic E-state index is 9.36. The number of nitrogens with zero attached hydrogens (tertiary/aromatic N) is 2. The molecule has 0 radical (unpaired) electrons. The Balaban J connectivity index is 2.79. The smallest absolute Gasteiger partial charge is 0.0641 e. The maximum Gasteiger partial charge on any atom is 0.0641 e. The van der Waals surface area contributed by atoms with Gasteiger partial charge in [-0.25, -0.2) is 0 Å². The number of nitriles is 1. The summed E-state index contributed by atoms with van der Waals surface area (Å²) in [6.45, 7) is 2.33. The summed E-state index contributed by atoms with van der Waals surface area (Å²) >= 11 is 0. The van der Waals surface area contributed by atoms with Crippen LogP contribution >= 0.6 is 0 Å². The fourth-order valence-corrected chi connectivity index (χ4v) is 1.83. The van der Waals surface area contributed by atoms with E-state index in [0.717, 1.165) is 5.56 Å². The van der Waals surface area contributed by atoms with Crippen molar-refractivity contribution in [1.29, 1.82) is 5.26 Å². The molecule has 1 aromatic carbocycles. The first-order valence-corrected chi connectivity index (χ1v) is 5.45. The lowest BCUT2D eigenvalue weighted by atomic mass is 10.0. The molecule has 2 atom stereocenters. The van der Waals surface area contributed by atoms with Crippen molar-refractivity contribution in [3.63, 3.8) is 0 Å². The van der Waals surface area contributed by atoms with Gasteiger partial charge in [0.2, 0.25) is 0 Å². The maximum absolute atomic E-state index is 9.36. The minimum absolute atomic E-state index is 0.0563. The molecule has 0 fully saturated rings. The van der Waals surface area contributed by atoms with E-state index in [1.165, 1.54) is 0 Å². The van der Waals surface area contributed by atoms with E-state index < -0.39 is 0 Å². The van der Waals surface area contributed by atoms with Crippen LogP contribution in [0.15, 0.2) is 30.3 Å². The summed E-state index contributed by atoms with van der Waals surface area (Å²) in [5, 5.41) is 18.2. The Morgan fingerprint density at radius 2 is 2.00 bits per heavy atom. The first-order chi connectivity index (χ1) is 7.65. The van der Waals surface area contributed by atoms with E-state index in [-0.39, 0.29) is 12.1 Å². The molecule has 0 aromatic heterocycles. The van der Waals surface area contributed by atoms with Gasteiger partial charge in [0.15, 0.2) is 0 Å². The lowest BCUT2D eigenvalue weighted by Gasteiger charge is -2.27. The third-order valence-electron chi connectivity index (χ3n) is 2.55. The SMILES string of the molecule is CC(O)CN(C)C(CC#N)c1ccccc1. The van der Waals surface area contributed by atoms with Gasteiger partial charge in [-0.3, -0.25) is 4.90 Å². The third kappa shape index (κ3) is 3.65. The van der Waals surface area contributed by atoms with Crippen LogP contribution in [0.5, 0.6) is 0 Å². The van der Waals surface area contributed by atoms with E-state index in [2.05, 4.69) is 6.07 Å². The zero-order valence-electron chi connectivity index (χ0n) is 9.80. The van der Waals surface area contributed by atoms with Crippen molar-refractivity contribution >= 4 is 0 Å². The first-order valence-electron chi connectivity index (χ1n) is 5.45. The molecule has 3 heteroatoms. The van der Waals surface area contributed by atoms with Crippen LogP contribution in [-0.2, 0) is 0 Å². The highest BCUT2D eigenvalue weighted by Crippen LogP contribution is 2.22. The topological polar surface area (TPSA) is 47.3 Å². The van der Waals surface area contributed by atoms with Gasteiger partial charge in [0.1, 0.15) is 0 Å². The van der Waals surface area contributed by atoms with Crippen LogP contribution in [0.1, 0.15) is 24.9 Å². The monoisotopic (exact) mass is 218 g/mol. The van der Waals surface area contributed by atoms with Crippen molar-refractivity contribution in [2.45, 2.75) is 25.5 Å². The summed E-state index contributed by atoms with van der Waals surface area (Å²) in [6.07, 6.45) is 0.0580. The highest BCUT2D eigenvalue weighted by atomic mass is 16.3. The fourth-order valence-electron chi connectivity index (χ4n) is 1.83. The normalized spacial score (nSPS) is 14.4. The molecule has 16 heavy (non-hydrogen) atoms. The molecule has 0 saturated heterocycles. The van der Waals surface area contributed by atoms with Crippen LogP contribution in [0.25, 0.3) is 0 Å². The van der Waals surface area contributed by atoms with Gasteiger partial charge in [0, 0.05) is 12.6 Å². The standard InChI is InChI=1S/C13H18N2O/c1-11(16)10-15(2)13(8-9-14)12-6-4-3-5-7-12/h3-7,11,13,16H,8,10H2,1-2H3. The number of aliphatic hydroxyl groups is 1. The molecule has 1 rings (SSSR count). The van der Waals surface area contributed by atoms with E-state index in [1.807, 2.05) is 42.3 Å². The van der Waals surface area contributed by atoms with E-state index in [1.54, 1.807) is 6.92 Å². The van der Waals surface area contributed by atoms with Crippen molar-refractivity contribution < 1.29 is 5.11 Å². The van der Waals surface area contributed by atoms with Gasteiger partial charge in [0.05, 0.1) is 18.6 Å². The molecule has 0 aliphatic carbocycles. The molecule has 0 aliphatic heterocycles. The average molecular weight is 218 g/mol. The van der Waals surface area contributed by atoms with Crippen molar-refractivity contribution in [2.75, 3.05) is 13.6 Å². The fraction of sp³-hybridized carbons (Fsp3) is 0.462. The largest absolute Gasteiger partial charge is 0.392 e. The van der Waals surface area contributed by atoms with Crippen LogP contribution in [-0.4, -0.2) is 29.7 Å². The lowest BCUT2D eigenvalue weighted by molar-refractivity contribution is 0.118. The highest BCUT2D eigenvalue weighted by molar-refractivity contribution is 5.20. The molecule has 0 saturated carbocycles. The van der Waals surface area contributed by atoms with Gasteiger partial charge in [-0.2, -0.15) is 5.26 Å². The molecule has 86 valence electrons. The van der Waals surface area contributed by atoms with E-state index in [9.17, 15) is 5.11 Å². The number of benzene rings is 1. The zero-order chi connectivity index (χ0) is 12.0. The molecule has 0 bridgehead atoms. The second-order valence-corrected chi connectivity index (χ2v) is 4.08. The Morgan fingerprint density at radius 3 is 2.50 bits per heavy atom. The summed E-state index contributed by atoms with van der Waals surface area (Å²) in [7, 11) is 1.93.